The summed E-state index contributed by atoms with van der Waals surface area (Å²) in [5.41, 5.74) is 0. The van der Waals surface area contributed by atoms with Crippen molar-refractivity contribution >= 4 is 8.88 Å². The van der Waals surface area contributed by atoms with Gasteiger partial charge in [-0.15, -0.1) is 0 Å². The lowest BCUT2D eigenvalue weighted by molar-refractivity contribution is 0.156. The van der Waals surface area contributed by atoms with Crippen molar-refractivity contribution < 1.29 is 8.85 Å². The van der Waals surface area contributed by atoms with Crippen LogP contribution in [0.25, 0.3) is 0 Å². The predicted molar refractivity (Wildman–Crippen MR) is 65.6 cm³/mol. The van der Waals surface area contributed by atoms with Gasteiger partial charge in [0.25, 0.3) is 0 Å². The third-order valence-electron chi connectivity index (χ3n) is 1.78. The fraction of sp³-hybridized carbons (Fsp3) is 1.00. The summed E-state index contributed by atoms with van der Waals surface area (Å²) >= 11 is 0. The highest BCUT2D eigenvalue weighted by Crippen LogP contribution is 2.02. The summed E-state index contributed by atoms with van der Waals surface area (Å²) < 4.78 is 11.6. The monoisotopic (exact) mass is 234 g/mol. The lowest BCUT2D eigenvalue weighted by atomic mass is 10.4. The Bertz CT molecular complexity index is 150. The van der Waals surface area contributed by atoms with Gasteiger partial charge in [0.2, 0.25) is 0 Å². The van der Waals surface area contributed by atoms with E-state index in [0.717, 1.165) is 13.0 Å². The number of nitrogens with one attached hydrogen (secondary N) is 2. The molecule has 15 heavy (non-hydrogen) atoms. The molecule has 0 aromatic rings. The molecular weight excluding hydrogens is 208 g/mol. The largest absolute Gasteiger partial charge is 0.517 e. The smallest absolute Gasteiger partial charge is 0.371 e. The van der Waals surface area contributed by atoms with Crippen LogP contribution in [0.3, 0.4) is 0 Å². The standard InChI is InChI=1S/C10H26N2O2Si/c1-6-9-11-15(13-7-2,14-8-3)12-10(4)5/h10-12H,6-9H2,1-5H3. The molecule has 0 radical (unpaired) electrons. The van der Waals surface area contributed by atoms with Gasteiger partial charge in [0.05, 0.1) is 0 Å². The van der Waals surface area contributed by atoms with Crippen molar-refractivity contribution in [2.45, 2.75) is 47.1 Å². The van der Waals surface area contributed by atoms with Crippen LogP contribution in [0.4, 0.5) is 0 Å². The second kappa shape index (κ2) is 8.24. The van der Waals surface area contributed by atoms with E-state index in [1.165, 1.54) is 0 Å². The van der Waals surface area contributed by atoms with Gasteiger partial charge in [-0.25, -0.2) is 0 Å². The molecule has 0 aliphatic carbocycles. The molecule has 0 rings (SSSR count). The SMILES string of the molecule is CCCN[Si](NC(C)C)(OCC)OCC. The Morgan fingerprint density at radius 2 is 1.60 bits per heavy atom. The molecule has 0 amide bonds. The van der Waals surface area contributed by atoms with Gasteiger partial charge in [0.15, 0.2) is 0 Å². The molecule has 0 heterocycles. The molecular formula is C10H26N2O2Si. The molecule has 0 aromatic carbocycles. The second-order valence-electron chi connectivity index (χ2n) is 3.71. The summed E-state index contributed by atoms with van der Waals surface area (Å²) in [6, 6.07) is 0.360. The number of rotatable bonds is 9. The van der Waals surface area contributed by atoms with Crippen LogP contribution in [-0.4, -0.2) is 34.7 Å². The molecule has 4 nitrogen and oxygen atoms in total. The van der Waals surface area contributed by atoms with E-state index in [0.29, 0.717) is 19.3 Å². The van der Waals surface area contributed by atoms with E-state index < -0.39 is 8.88 Å². The lowest BCUT2D eigenvalue weighted by Crippen LogP contribution is -2.69. The van der Waals surface area contributed by atoms with Crippen molar-refractivity contribution in [3.05, 3.63) is 0 Å². The minimum Gasteiger partial charge on any atom is -0.371 e. The Morgan fingerprint density at radius 1 is 1.07 bits per heavy atom. The van der Waals surface area contributed by atoms with E-state index in [1.54, 1.807) is 0 Å². The zero-order valence-corrected chi connectivity index (χ0v) is 11.7. The quantitative estimate of drug-likeness (QED) is 0.593. The van der Waals surface area contributed by atoms with Gasteiger partial charge in [-0.2, -0.15) is 0 Å². The van der Waals surface area contributed by atoms with Gasteiger partial charge in [0.1, 0.15) is 0 Å². The molecule has 0 saturated heterocycles. The number of hydrogen-bond acceptors (Lipinski definition) is 4. The maximum Gasteiger partial charge on any atom is 0.517 e. The molecule has 0 aliphatic heterocycles. The molecule has 92 valence electrons. The Labute approximate surface area is 95.1 Å². The first-order chi connectivity index (χ1) is 7.10. The van der Waals surface area contributed by atoms with Crippen LogP contribution in [0.1, 0.15) is 41.0 Å². The fourth-order valence-electron chi connectivity index (χ4n) is 1.35. The van der Waals surface area contributed by atoms with Crippen LogP contribution in [0.5, 0.6) is 0 Å². The topological polar surface area (TPSA) is 42.5 Å². The second-order valence-corrected chi connectivity index (χ2v) is 6.16. The molecule has 0 atom stereocenters. The molecule has 0 spiro atoms. The highest BCUT2D eigenvalue weighted by Gasteiger charge is 2.38. The van der Waals surface area contributed by atoms with Crippen molar-refractivity contribution in [3.63, 3.8) is 0 Å². The van der Waals surface area contributed by atoms with Gasteiger partial charge in [-0.05, 0) is 26.8 Å². The first kappa shape index (κ1) is 15.1. The average Bonchev–Trinajstić information content (AvgIpc) is 2.14. The zero-order chi connectivity index (χ0) is 11.7. The van der Waals surface area contributed by atoms with Crippen LogP contribution >= 0.6 is 0 Å². The van der Waals surface area contributed by atoms with Crippen molar-refractivity contribution in [3.8, 4) is 0 Å². The van der Waals surface area contributed by atoms with E-state index in [2.05, 4.69) is 30.7 Å². The van der Waals surface area contributed by atoms with Gasteiger partial charge >= 0.3 is 8.88 Å². The molecule has 5 heteroatoms. The van der Waals surface area contributed by atoms with Crippen LogP contribution < -0.4 is 9.96 Å². The Balaban J connectivity index is 4.40. The van der Waals surface area contributed by atoms with E-state index in [4.69, 9.17) is 8.85 Å². The third-order valence-corrected chi connectivity index (χ3v) is 4.84. The van der Waals surface area contributed by atoms with Crippen LogP contribution in [0.2, 0.25) is 0 Å². The van der Waals surface area contributed by atoms with Gasteiger partial charge in [-0.3, -0.25) is 9.96 Å². The fourth-order valence-corrected chi connectivity index (χ4v) is 4.06. The third kappa shape index (κ3) is 6.27. The Morgan fingerprint density at radius 3 is 1.93 bits per heavy atom. The molecule has 0 unspecified atom stereocenters. The molecule has 0 fully saturated rings. The average molecular weight is 234 g/mol. The van der Waals surface area contributed by atoms with Gasteiger partial charge in [0, 0.05) is 19.3 Å². The summed E-state index contributed by atoms with van der Waals surface area (Å²) in [6.45, 7) is 12.6. The molecule has 0 aromatic heterocycles. The normalized spacial score (nSPS) is 12.4. The Hall–Kier alpha value is 0.0569. The van der Waals surface area contributed by atoms with E-state index in [-0.39, 0.29) is 0 Å². The van der Waals surface area contributed by atoms with Crippen LogP contribution in [0.15, 0.2) is 0 Å². The maximum absolute atomic E-state index is 5.78. The lowest BCUT2D eigenvalue weighted by Gasteiger charge is -2.31. The van der Waals surface area contributed by atoms with Crippen LogP contribution in [0, 0.1) is 0 Å². The zero-order valence-electron chi connectivity index (χ0n) is 10.7. The van der Waals surface area contributed by atoms with Crippen molar-refractivity contribution in [2.75, 3.05) is 19.8 Å². The van der Waals surface area contributed by atoms with E-state index in [1.807, 2.05) is 13.8 Å². The first-order valence-electron chi connectivity index (χ1n) is 5.90. The minimum atomic E-state index is -2.38. The summed E-state index contributed by atoms with van der Waals surface area (Å²) in [7, 11) is -2.38. The highest BCUT2D eigenvalue weighted by atomic mass is 28.4. The molecule has 0 bridgehead atoms. The highest BCUT2D eigenvalue weighted by molar-refractivity contribution is 6.62. The maximum atomic E-state index is 5.78. The number of hydrogen-bond donors (Lipinski definition) is 2. The van der Waals surface area contributed by atoms with Crippen molar-refractivity contribution in [1.29, 1.82) is 0 Å². The van der Waals surface area contributed by atoms with E-state index in [9.17, 15) is 0 Å². The van der Waals surface area contributed by atoms with Crippen molar-refractivity contribution in [2.24, 2.45) is 0 Å². The Kier molecular flexibility index (Phi) is 8.27. The summed E-state index contributed by atoms with van der Waals surface area (Å²) in [4.78, 5) is 6.81. The van der Waals surface area contributed by atoms with Crippen LogP contribution in [-0.2, 0) is 8.85 Å². The minimum absolute atomic E-state index is 0.360. The molecule has 0 saturated carbocycles. The summed E-state index contributed by atoms with van der Waals surface area (Å²) in [6.07, 6.45) is 1.08. The summed E-state index contributed by atoms with van der Waals surface area (Å²) in [5.74, 6) is 0. The predicted octanol–water partition coefficient (Wildman–Crippen LogP) is 1.49. The summed E-state index contributed by atoms with van der Waals surface area (Å²) in [5, 5.41) is 0. The molecule has 2 N–H and O–H groups in total. The van der Waals surface area contributed by atoms with Gasteiger partial charge in [-0.1, -0.05) is 20.8 Å². The van der Waals surface area contributed by atoms with Gasteiger partial charge < -0.3 is 8.85 Å². The molecule has 0 aliphatic rings. The van der Waals surface area contributed by atoms with Crippen molar-refractivity contribution in [1.82, 2.24) is 9.96 Å². The van der Waals surface area contributed by atoms with E-state index >= 15 is 0 Å². The first-order valence-corrected chi connectivity index (χ1v) is 7.72.